The lowest BCUT2D eigenvalue weighted by Crippen LogP contribution is -2.36. The summed E-state index contributed by atoms with van der Waals surface area (Å²) in [6.07, 6.45) is -0.426. The SMILES string of the molecule is COc1ccc(NC(=O)COC2N=C(C(C)C)NC(C)=C2C)cc1. The summed E-state index contributed by atoms with van der Waals surface area (Å²) in [6.45, 7) is 8.01. The van der Waals surface area contributed by atoms with Crippen molar-refractivity contribution in [3.63, 3.8) is 0 Å². The van der Waals surface area contributed by atoms with Crippen LogP contribution in [-0.2, 0) is 9.53 Å². The number of carbonyl (C=O) groups excluding carboxylic acids is 1. The lowest BCUT2D eigenvalue weighted by Gasteiger charge is -2.26. The van der Waals surface area contributed by atoms with Crippen molar-refractivity contribution in [2.45, 2.75) is 33.9 Å². The molecule has 1 aromatic carbocycles. The Kier molecular flexibility index (Phi) is 5.98. The topological polar surface area (TPSA) is 72.0 Å². The highest BCUT2D eigenvalue weighted by atomic mass is 16.5. The number of aliphatic imine (C=N–C) groups is 1. The fourth-order valence-corrected chi connectivity index (χ4v) is 2.21. The maximum atomic E-state index is 12.1. The number of methoxy groups -OCH3 is 1. The van der Waals surface area contributed by atoms with E-state index in [2.05, 4.69) is 29.5 Å². The van der Waals surface area contributed by atoms with Crippen LogP contribution >= 0.6 is 0 Å². The minimum absolute atomic E-state index is 0.0593. The number of hydrogen-bond acceptors (Lipinski definition) is 5. The zero-order valence-electron chi connectivity index (χ0n) is 14.8. The molecule has 1 unspecified atom stereocenters. The van der Waals surface area contributed by atoms with Gasteiger partial charge in [0.15, 0.2) is 6.23 Å². The number of amides is 1. The molecule has 2 rings (SSSR count). The Balaban J connectivity index is 1.93. The van der Waals surface area contributed by atoms with Crippen LogP contribution in [0.4, 0.5) is 5.69 Å². The smallest absolute Gasteiger partial charge is 0.250 e. The highest BCUT2D eigenvalue weighted by molar-refractivity contribution is 5.91. The summed E-state index contributed by atoms with van der Waals surface area (Å²) in [7, 11) is 1.60. The molecule has 1 amide bonds. The molecular weight excluding hydrogens is 306 g/mol. The largest absolute Gasteiger partial charge is 0.497 e. The number of nitrogens with one attached hydrogen (secondary N) is 2. The van der Waals surface area contributed by atoms with Crippen molar-refractivity contribution >= 4 is 17.4 Å². The third-order valence-corrected chi connectivity index (χ3v) is 3.83. The first kappa shape index (κ1) is 18.0. The lowest BCUT2D eigenvalue weighted by molar-refractivity contribution is -0.121. The monoisotopic (exact) mass is 331 g/mol. The van der Waals surface area contributed by atoms with Gasteiger partial charge in [0.25, 0.3) is 0 Å². The van der Waals surface area contributed by atoms with E-state index in [4.69, 9.17) is 9.47 Å². The van der Waals surface area contributed by atoms with E-state index in [9.17, 15) is 4.79 Å². The molecule has 0 fully saturated rings. The van der Waals surface area contributed by atoms with Crippen molar-refractivity contribution in [3.05, 3.63) is 35.5 Å². The van der Waals surface area contributed by atoms with E-state index in [1.165, 1.54) is 0 Å². The molecule has 24 heavy (non-hydrogen) atoms. The van der Waals surface area contributed by atoms with Gasteiger partial charge in [-0.2, -0.15) is 0 Å². The van der Waals surface area contributed by atoms with Gasteiger partial charge < -0.3 is 20.1 Å². The van der Waals surface area contributed by atoms with E-state index >= 15 is 0 Å². The van der Waals surface area contributed by atoms with Crippen molar-refractivity contribution < 1.29 is 14.3 Å². The maximum absolute atomic E-state index is 12.1. The molecule has 0 saturated carbocycles. The van der Waals surface area contributed by atoms with Gasteiger partial charge in [-0.1, -0.05) is 13.8 Å². The number of hydrogen-bond donors (Lipinski definition) is 2. The minimum Gasteiger partial charge on any atom is -0.497 e. The van der Waals surface area contributed by atoms with Crippen LogP contribution in [0.15, 0.2) is 40.5 Å². The molecule has 1 aliphatic rings. The molecular formula is C18H25N3O3. The fraction of sp³-hybridized carbons (Fsp3) is 0.444. The van der Waals surface area contributed by atoms with Gasteiger partial charge in [0, 0.05) is 17.3 Å². The van der Waals surface area contributed by atoms with Crippen LogP contribution in [0.1, 0.15) is 27.7 Å². The summed E-state index contributed by atoms with van der Waals surface area (Å²) in [4.78, 5) is 16.6. The Morgan fingerprint density at radius 1 is 1.29 bits per heavy atom. The number of benzene rings is 1. The van der Waals surface area contributed by atoms with Gasteiger partial charge >= 0.3 is 0 Å². The second kappa shape index (κ2) is 7.97. The number of anilines is 1. The van der Waals surface area contributed by atoms with Crippen LogP contribution in [0.25, 0.3) is 0 Å². The molecule has 1 aliphatic heterocycles. The molecule has 6 heteroatoms. The minimum atomic E-state index is -0.426. The molecule has 1 aromatic rings. The Hall–Kier alpha value is -2.34. The number of amidine groups is 1. The average molecular weight is 331 g/mol. The van der Waals surface area contributed by atoms with E-state index in [-0.39, 0.29) is 18.4 Å². The van der Waals surface area contributed by atoms with E-state index in [1.807, 2.05) is 13.8 Å². The second-order valence-corrected chi connectivity index (χ2v) is 6.04. The molecule has 0 saturated heterocycles. The van der Waals surface area contributed by atoms with Crippen LogP contribution in [0.2, 0.25) is 0 Å². The molecule has 0 spiro atoms. The predicted molar refractivity (Wildman–Crippen MR) is 95.1 cm³/mol. The second-order valence-electron chi connectivity index (χ2n) is 6.04. The number of rotatable bonds is 6. The predicted octanol–water partition coefficient (Wildman–Crippen LogP) is 2.93. The molecule has 0 aromatic heterocycles. The number of nitrogens with zero attached hydrogens (tertiary/aromatic N) is 1. The zero-order valence-corrected chi connectivity index (χ0v) is 14.8. The third kappa shape index (κ3) is 4.58. The van der Waals surface area contributed by atoms with Crippen LogP contribution in [0, 0.1) is 5.92 Å². The van der Waals surface area contributed by atoms with E-state index in [0.717, 1.165) is 22.9 Å². The number of allylic oxidation sites excluding steroid dienone is 1. The molecule has 0 bridgehead atoms. The Labute approximate surface area is 142 Å². The normalized spacial score (nSPS) is 17.4. The summed E-state index contributed by atoms with van der Waals surface area (Å²) in [5.74, 6) is 1.67. The summed E-state index contributed by atoms with van der Waals surface area (Å²) in [5.41, 5.74) is 2.70. The van der Waals surface area contributed by atoms with E-state index in [1.54, 1.807) is 31.4 Å². The first-order valence-electron chi connectivity index (χ1n) is 7.98. The van der Waals surface area contributed by atoms with Crippen LogP contribution in [0.3, 0.4) is 0 Å². The van der Waals surface area contributed by atoms with Gasteiger partial charge in [-0.15, -0.1) is 0 Å². The van der Waals surface area contributed by atoms with Crippen molar-refractivity contribution in [2.75, 3.05) is 19.0 Å². The highest BCUT2D eigenvalue weighted by Gasteiger charge is 2.21. The Bertz CT molecular complexity index is 648. The summed E-state index contributed by atoms with van der Waals surface area (Å²) < 4.78 is 10.8. The number of carbonyl (C=O) groups is 1. The number of ether oxygens (including phenoxy) is 2. The maximum Gasteiger partial charge on any atom is 0.250 e. The van der Waals surface area contributed by atoms with Gasteiger partial charge in [-0.3, -0.25) is 4.79 Å². The van der Waals surface area contributed by atoms with Crippen LogP contribution in [0.5, 0.6) is 5.75 Å². The quantitative estimate of drug-likeness (QED) is 0.841. The third-order valence-electron chi connectivity index (χ3n) is 3.83. The summed E-state index contributed by atoms with van der Waals surface area (Å²) in [5, 5.41) is 6.06. The van der Waals surface area contributed by atoms with Gasteiger partial charge in [0.2, 0.25) is 5.91 Å². The molecule has 0 radical (unpaired) electrons. The molecule has 1 heterocycles. The average Bonchev–Trinajstić information content (AvgIpc) is 2.56. The van der Waals surface area contributed by atoms with Gasteiger partial charge in [-0.05, 0) is 43.7 Å². The molecule has 1 atom stereocenters. The first-order chi connectivity index (χ1) is 11.4. The zero-order chi connectivity index (χ0) is 17.7. The molecule has 6 nitrogen and oxygen atoms in total. The first-order valence-corrected chi connectivity index (χ1v) is 7.98. The molecule has 2 N–H and O–H groups in total. The molecule has 0 aliphatic carbocycles. The summed E-state index contributed by atoms with van der Waals surface area (Å²) >= 11 is 0. The van der Waals surface area contributed by atoms with E-state index in [0.29, 0.717) is 5.69 Å². The van der Waals surface area contributed by atoms with Crippen molar-refractivity contribution in [3.8, 4) is 5.75 Å². The Morgan fingerprint density at radius 2 is 1.96 bits per heavy atom. The van der Waals surface area contributed by atoms with Crippen LogP contribution < -0.4 is 15.4 Å². The van der Waals surface area contributed by atoms with Gasteiger partial charge in [0.05, 0.1) is 7.11 Å². The highest BCUT2D eigenvalue weighted by Crippen LogP contribution is 2.19. The molecule has 130 valence electrons. The Morgan fingerprint density at radius 3 is 2.54 bits per heavy atom. The van der Waals surface area contributed by atoms with Crippen LogP contribution in [-0.4, -0.2) is 31.7 Å². The van der Waals surface area contributed by atoms with Gasteiger partial charge in [0.1, 0.15) is 18.2 Å². The summed E-state index contributed by atoms with van der Waals surface area (Å²) in [6, 6.07) is 7.15. The lowest BCUT2D eigenvalue weighted by atomic mass is 10.1. The van der Waals surface area contributed by atoms with Gasteiger partial charge in [-0.25, -0.2) is 4.99 Å². The van der Waals surface area contributed by atoms with Crippen molar-refractivity contribution in [1.29, 1.82) is 0 Å². The van der Waals surface area contributed by atoms with Crippen molar-refractivity contribution in [1.82, 2.24) is 5.32 Å². The van der Waals surface area contributed by atoms with Crippen molar-refractivity contribution in [2.24, 2.45) is 10.9 Å². The fourth-order valence-electron chi connectivity index (χ4n) is 2.21. The van der Waals surface area contributed by atoms with E-state index < -0.39 is 6.23 Å². The standard InChI is InChI=1S/C18H25N3O3/c1-11(2)17-19-13(4)12(3)18(21-17)24-10-16(22)20-14-6-8-15(23-5)9-7-14/h6-9,11,18H,10H2,1-5H3,(H,19,21)(H,20,22).